The number of benzene rings is 1. The molecule has 0 amide bonds. The number of rotatable bonds is 9. The number of hydrogen-bond acceptors (Lipinski definition) is 9. The number of fused-ring (bicyclic) bond motifs is 1. The summed E-state index contributed by atoms with van der Waals surface area (Å²) in [5, 5.41) is 1.24. The number of ether oxygens (including phenoxy) is 2. The molecular weight excluding hydrogens is 462 g/mol. The molecule has 0 unspecified atom stereocenters. The number of hydrogen-bond donors (Lipinski definition) is 1. The SMILES string of the molecule is CCOC(=O)c1sc(N)c(C(=O)OCC)c1CSc1nc2ccccc2c(=O)n1CC(C)C. The summed E-state index contributed by atoms with van der Waals surface area (Å²) < 4.78 is 12.0. The van der Waals surface area contributed by atoms with Crippen LogP contribution in [-0.4, -0.2) is 34.7 Å². The summed E-state index contributed by atoms with van der Waals surface area (Å²) in [6.07, 6.45) is 0. The molecule has 2 N–H and O–H groups in total. The van der Waals surface area contributed by atoms with Gasteiger partial charge in [0.05, 0.1) is 29.7 Å². The van der Waals surface area contributed by atoms with Crippen LogP contribution >= 0.6 is 23.1 Å². The van der Waals surface area contributed by atoms with Gasteiger partial charge in [-0.25, -0.2) is 14.6 Å². The van der Waals surface area contributed by atoms with Crippen molar-refractivity contribution in [3.8, 4) is 0 Å². The van der Waals surface area contributed by atoms with Crippen molar-refractivity contribution in [2.45, 2.75) is 45.1 Å². The van der Waals surface area contributed by atoms with Crippen LogP contribution in [0.25, 0.3) is 10.9 Å². The van der Waals surface area contributed by atoms with E-state index in [1.54, 1.807) is 30.5 Å². The number of nitrogen functional groups attached to an aromatic ring is 1. The van der Waals surface area contributed by atoms with Gasteiger partial charge in [0, 0.05) is 17.9 Å². The van der Waals surface area contributed by atoms with Gasteiger partial charge in [0.15, 0.2) is 5.16 Å². The van der Waals surface area contributed by atoms with E-state index in [0.717, 1.165) is 11.3 Å². The van der Waals surface area contributed by atoms with E-state index in [9.17, 15) is 14.4 Å². The second-order valence-electron chi connectivity index (χ2n) is 7.60. The number of aromatic nitrogens is 2. The number of carbonyl (C=O) groups is 2. The number of thiophene rings is 1. The largest absolute Gasteiger partial charge is 0.462 e. The summed E-state index contributed by atoms with van der Waals surface area (Å²) in [6, 6.07) is 7.18. The number of carbonyl (C=O) groups excluding carboxylic acids is 2. The maximum absolute atomic E-state index is 13.2. The fourth-order valence-corrected chi connectivity index (χ4v) is 5.43. The molecule has 3 rings (SSSR count). The van der Waals surface area contributed by atoms with Gasteiger partial charge in [-0.05, 0) is 31.9 Å². The molecule has 0 radical (unpaired) electrons. The Kier molecular flexibility index (Phi) is 8.15. The Labute approximate surface area is 200 Å². The maximum atomic E-state index is 13.2. The first kappa shape index (κ1) is 24.8. The number of para-hydroxylation sites is 1. The topological polar surface area (TPSA) is 114 Å². The molecule has 1 aromatic carbocycles. The van der Waals surface area contributed by atoms with E-state index in [4.69, 9.17) is 20.2 Å². The third-order valence-corrected chi connectivity index (χ3v) is 6.74. The quantitative estimate of drug-likeness (QED) is 0.268. The van der Waals surface area contributed by atoms with Crippen molar-refractivity contribution in [2.75, 3.05) is 18.9 Å². The minimum Gasteiger partial charge on any atom is -0.462 e. The number of thioether (sulfide) groups is 1. The smallest absolute Gasteiger partial charge is 0.348 e. The van der Waals surface area contributed by atoms with E-state index in [-0.39, 0.29) is 45.9 Å². The maximum Gasteiger partial charge on any atom is 0.348 e. The molecule has 3 aromatic rings. The second-order valence-corrected chi connectivity index (χ2v) is 9.59. The third kappa shape index (κ3) is 5.39. The normalized spacial score (nSPS) is 11.2. The predicted octanol–water partition coefficient (Wildman–Crippen LogP) is 4.34. The van der Waals surface area contributed by atoms with E-state index in [0.29, 0.717) is 28.2 Å². The summed E-state index contributed by atoms with van der Waals surface area (Å²) in [5.41, 5.74) is 7.15. The molecule has 10 heteroatoms. The molecule has 33 heavy (non-hydrogen) atoms. The van der Waals surface area contributed by atoms with Crippen LogP contribution in [0.2, 0.25) is 0 Å². The Morgan fingerprint density at radius 3 is 2.48 bits per heavy atom. The van der Waals surface area contributed by atoms with Crippen LogP contribution in [0, 0.1) is 5.92 Å². The highest BCUT2D eigenvalue weighted by atomic mass is 32.2. The lowest BCUT2D eigenvalue weighted by atomic mass is 10.1. The first-order chi connectivity index (χ1) is 15.8. The Bertz CT molecular complexity index is 1230. The van der Waals surface area contributed by atoms with Crippen LogP contribution in [-0.2, 0) is 21.8 Å². The highest BCUT2D eigenvalue weighted by Gasteiger charge is 2.28. The van der Waals surface area contributed by atoms with E-state index in [2.05, 4.69) is 0 Å². The summed E-state index contributed by atoms with van der Waals surface area (Å²) in [4.78, 5) is 43.3. The van der Waals surface area contributed by atoms with Gasteiger partial charge in [0.25, 0.3) is 5.56 Å². The minimum absolute atomic E-state index is 0.127. The van der Waals surface area contributed by atoms with Crippen LogP contribution < -0.4 is 11.3 Å². The van der Waals surface area contributed by atoms with Gasteiger partial charge < -0.3 is 15.2 Å². The van der Waals surface area contributed by atoms with E-state index in [1.807, 2.05) is 26.0 Å². The number of anilines is 1. The molecule has 0 atom stereocenters. The van der Waals surface area contributed by atoms with E-state index >= 15 is 0 Å². The van der Waals surface area contributed by atoms with Crippen molar-refractivity contribution < 1.29 is 19.1 Å². The predicted molar refractivity (Wildman–Crippen MR) is 131 cm³/mol. The lowest BCUT2D eigenvalue weighted by Crippen LogP contribution is -2.25. The molecule has 0 fully saturated rings. The van der Waals surface area contributed by atoms with Crippen LogP contribution in [0.5, 0.6) is 0 Å². The van der Waals surface area contributed by atoms with Crippen molar-refractivity contribution in [2.24, 2.45) is 5.92 Å². The molecule has 0 spiro atoms. The molecule has 0 saturated heterocycles. The van der Waals surface area contributed by atoms with Crippen molar-refractivity contribution in [3.05, 3.63) is 50.6 Å². The lowest BCUT2D eigenvalue weighted by Gasteiger charge is -2.15. The molecular formula is C23H27N3O5S2. The molecule has 0 aliphatic heterocycles. The van der Waals surface area contributed by atoms with Crippen molar-refractivity contribution in [1.82, 2.24) is 9.55 Å². The molecule has 2 heterocycles. The minimum atomic E-state index is -0.594. The van der Waals surface area contributed by atoms with Gasteiger partial charge in [-0.15, -0.1) is 11.3 Å². The van der Waals surface area contributed by atoms with Crippen molar-refractivity contribution in [1.29, 1.82) is 0 Å². The average molecular weight is 490 g/mol. The van der Waals surface area contributed by atoms with Crippen molar-refractivity contribution in [3.63, 3.8) is 0 Å². The first-order valence-corrected chi connectivity index (χ1v) is 12.5. The van der Waals surface area contributed by atoms with E-state index < -0.39 is 11.9 Å². The molecule has 0 aliphatic rings. The summed E-state index contributed by atoms with van der Waals surface area (Å²) >= 11 is 2.27. The summed E-state index contributed by atoms with van der Waals surface area (Å²) in [6.45, 7) is 8.30. The fraction of sp³-hybridized carbons (Fsp3) is 0.391. The molecule has 0 bridgehead atoms. The second kappa shape index (κ2) is 10.8. The third-order valence-electron chi connectivity index (χ3n) is 4.69. The summed E-state index contributed by atoms with van der Waals surface area (Å²) in [7, 11) is 0. The zero-order valence-electron chi connectivity index (χ0n) is 19.0. The van der Waals surface area contributed by atoms with Gasteiger partial charge in [0.1, 0.15) is 9.88 Å². The Morgan fingerprint density at radius 2 is 1.82 bits per heavy atom. The van der Waals surface area contributed by atoms with Crippen LogP contribution in [0.3, 0.4) is 0 Å². The zero-order valence-corrected chi connectivity index (χ0v) is 20.7. The van der Waals surface area contributed by atoms with Crippen LogP contribution in [0.4, 0.5) is 5.00 Å². The Morgan fingerprint density at radius 1 is 1.15 bits per heavy atom. The molecule has 2 aromatic heterocycles. The lowest BCUT2D eigenvalue weighted by molar-refractivity contribution is 0.0527. The molecule has 8 nitrogen and oxygen atoms in total. The Hall–Kier alpha value is -2.85. The average Bonchev–Trinajstić information content (AvgIpc) is 3.11. The van der Waals surface area contributed by atoms with Crippen LogP contribution in [0.15, 0.2) is 34.2 Å². The zero-order chi connectivity index (χ0) is 24.1. The molecule has 0 aliphatic carbocycles. The number of nitrogens with two attached hydrogens (primary N) is 1. The first-order valence-electron chi connectivity index (χ1n) is 10.7. The van der Waals surface area contributed by atoms with Gasteiger partial charge >= 0.3 is 11.9 Å². The monoisotopic (exact) mass is 489 g/mol. The van der Waals surface area contributed by atoms with Crippen molar-refractivity contribution >= 4 is 50.9 Å². The summed E-state index contributed by atoms with van der Waals surface area (Å²) in [5.74, 6) is -0.736. The van der Waals surface area contributed by atoms with Gasteiger partial charge in [0.2, 0.25) is 0 Å². The number of esters is 2. The molecule has 176 valence electrons. The van der Waals surface area contributed by atoms with Gasteiger partial charge in [-0.1, -0.05) is 37.7 Å². The number of nitrogens with zero attached hydrogens (tertiary/aromatic N) is 2. The van der Waals surface area contributed by atoms with E-state index in [1.165, 1.54) is 11.8 Å². The van der Waals surface area contributed by atoms with Gasteiger partial charge in [-0.3, -0.25) is 9.36 Å². The Balaban J connectivity index is 2.08. The fourth-order valence-electron chi connectivity index (χ4n) is 3.33. The molecule has 0 saturated carbocycles. The van der Waals surface area contributed by atoms with Gasteiger partial charge in [-0.2, -0.15) is 0 Å². The standard InChI is InChI=1S/C23H27N3O5S2/c1-5-30-21(28)17-15(18(33-19(17)24)22(29)31-6-2)12-32-23-25-16-10-8-7-9-14(16)20(27)26(23)11-13(3)4/h7-10,13H,5-6,11-12,24H2,1-4H3. The highest BCUT2D eigenvalue weighted by Crippen LogP contribution is 2.36. The highest BCUT2D eigenvalue weighted by molar-refractivity contribution is 7.98. The van der Waals surface area contributed by atoms with Crippen LogP contribution in [0.1, 0.15) is 53.3 Å².